The lowest BCUT2D eigenvalue weighted by atomic mass is 10.1. The molecule has 1 aliphatic heterocycles. The molecule has 4 nitrogen and oxygen atoms in total. The largest absolute Gasteiger partial charge is 0.497 e. The SMILES string of the molecule is COc1ccc2[nH+]c(C)cc(N3CCC[C@H]3c3nc4ccccc4s3)c2c1. The number of rotatable bonds is 3. The van der Waals surface area contributed by atoms with E-state index in [1.165, 1.54) is 27.2 Å². The van der Waals surface area contributed by atoms with Gasteiger partial charge in [0.15, 0.2) is 5.69 Å². The zero-order valence-electron chi connectivity index (χ0n) is 15.5. The van der Waals surface area contributed by atoms with Gasteiger partial charge in [-0.05, 0) is 37.1 Å². The molecule has 136 valence electrons. The Kier molecular flexibility index (Phi) is 3.97. The molecular formula is C22H22N3OS+. The number of nitrogens with zero attached hydrogens (tertiary/aromatic N) is 2. The number of pyridine rings is 1. The molecule has 27 heavy (non-hydrogen) atoms. The lowest BCUT2D eigenvalue weighted by molar-refractivity contribution is -0.354. The van der Waals surface area contributed by atoms with Crippen molar-refractivity contribution in [2.24, 2.45) is 0 Å². The van der Waals surface area contributed by atoms with Crippen molar-refractivity contribution in [3.63, 3.8) is 0 Å². The molecule has 1 saturated heterocycles. The number of benzene rings is 2. The Morgan fingerprint density at radius 2 is 2.07 bits per heavy atom. The van der Waals surface area contributed by atoms with Crippen LogP contribution in [0.25, 0.3) is 21.1 Å². The van der Waals surface area contributed by atoms with E-state index in [0.717, 1.165) is 35.4 Å². The summed E-state index contributed by atoms with van der Waals surface area (Å²) in [6.45, 7) is 3.17. The number of para-hydroxylation sites is 1. The third kappa shape index (κ3) is 2.82. The summed E-state index contributed by atoms with van der Waals surface area (Å²) < 4.78 is 6.75. The normalized spacial score (nSPS) is 17.1. The average molecular weight is 377 g/mol. The first-order chi connectivity index (χ1) is 13.2. The van der Waals surface area contributed by atoms with E-state index in [9.17, 15) is 0 Å². The number of anilines is 1. The van der Waals surface area contributed by atoms with Gasteiger partial charge in [0, 0.05) is 25.6 Å². The number of methoxy groups -OCH3 is 1. The van der Waals surface area contributed by atoms with Crippen LogP contribution in [0.4, 0.5) is 5.69 Å². The number of aryl methyl sites for hydroxylation is 1. The molecule has 0 amide bonds. The molecule has 1 atom stereocenters. The summed E-state index contributed by atoms with van der Waals surface area (Å²) in [7, 11) is 1.72. The quantitative estimate of drug-likeness (QED) is 0.509. The Hall–Kier alpha value is -2.66. The lowest BCUT2D eigenvalue weighted by Gasteiger charge is -2.26. The van der Waals surface area contributed by atoms with Gasteiger partial charge in [0.2, 0.25) is 5.52 Å². The highest BCUT2D eigenvalue weighted by atomic mass is 32.1. The second-order valence-corrected chi connectivity index (χ2v) is 8.18. The second-order valence-electron chi connectivity index (χ2n) is 7.12. The fourth-order valence-electron chi connectivity index (χ4n) is 4.08. The van der Waals surface area contributed by atoms with Gasteiger partial charge in [-0.15, -0.1) is 11.3 Å². The second kappa shape index (κ2) is 6.50. The van der Waals surface area contributed by atoms with Gasteiger partial charge in [0.05, 0.1) is 34.4 Å². The zero-order chi connectivity index (χ0) is 18.4. The molecule has 0 spiro atoms. The minimum Gasteiger partial charge on any atom is -0.497 e. The van der Waals surface area contributed by atoms with Crippen LogP contribution in [0.5, 0.6) is 5.75 Å². The molecule has 5 heteroatoms. The van der Waals surface area contributed by atoms with Crippen LogP contribution in [-0.4, -0.2) is 18.6 Å². The monoisotopic (exact) mass is 376 g/mol. The van der Waals surface area contributed by atoms with Gasteiger partial charge in [0.25, 0.3) is 0 Å². The van der Waals surface area contributed by atoms with E-state index in [0.29, 0.717) is 6.04 Å². The molecule has 0 bridgehead atoms. The van der Waals surface area contributed by atoms with Crippen molar-refractivity contribution < 1.29 is 9.72 Å². The Morgan fingerprint density at radius 3 is 2.93 bits per heavy atom. The van der Waals surface area contributed by atoms with E-state index in [2.05, 4.69) is 59.3 Å². The molecule has 0 aliphatic carbocycles. The number of hydrogen-bond donors (Lipinski definition) is 0. The van der Waals surface area contributed by atoms with Gasteiger partial charge in [-0.3, -0.25) is 0 Å². The number of hydrogen-bond acceptors (Lipinski definition) is 4. The number of aromatic nitrogens is 2. The van der Waals surface area contributed by atoms with Crippen molar-refractivity contribution in [3.05, 3.63) is 59.2 Å². The molecule has 0 unspecified atom stereocenters. The molecule has 1 aliphatic rings. The van der Waals surface area contributed by atoms with Crippen LogP contribution in [-0.2, 0) is 0 Å². The maximum Gasteiger partial charge on any atom is 0.213 e. The summed E-state index contributed by atoms with van der Waals surface area (Å²) in [5, 5.41) is 2.42. The van der Waals surface area contributed by atoms with Gasteiger partial charge in [0.1, 0.15) is 10.8 Å². The van der Waals surface area contributed by atoms with Crippen molar-refractivity contribution in [1.29, 1.82) is 0 Å². The van der Waals surface area contributed by atoms with Crippen molar-refractivity contribution >= 4 is 38.1 Å². The van der Waals surface area contributed by atoms with Gasteiger partial charge in [-0.2, -0.15) is 0 Å². The number of ether oxygens (including phenoxy) is 1. The molecule has 0 radical (unpaired) electrons. The summed E-state index contributed by atoms with van der Waals surface area (Å²) in [5.74, 6) is 0.886. The Balaban J connectivity index is 1.64. The highest BCUT2D eigenvalue weighted by molar-refractivity contribution is 7.18. The minimum atomic E-state index is 0.332. The Bertz CT molecular complexity index is 1100. The standard InChI is InChI=1S/C22H21N3OS/c1-14-12-20(16-13-15(26-2)9-10-17(16)23-14)25-11-5-7-19(25)22-24-18-6-3-4-8-21(18)27-22/h3-4,6,8-10,12-13,19H,5,7,11H2,1-2H3/p+1/t19-/m0/s1. The van der Waals surface area contributed by atoms with E-state index in [1.54, 1.807) is 7.11 Å². The third-order valence-electron chi connectivity index (χ3n) is 5.35. The van der Waals surface area contributed by atoms with Crippen LogP contribution in [0.15, 0.2) is 48.5 Å². The van der Waals surface area contributed by atoms with Crippen LogP contribution in [0.2, 0.25) is 0 Å². The maximum absolute atomic E-state index is 5.48. The first-order valence-corrected chi connectivity index (χ1v) is 10.2. The predicted octanol–water partition coefficient (Wildman–Crippen LogP) is 4.92. The molecule has 1 fully saturated rings. The molecule has 2 aromatic carbocycles. The summed E-state index contributed by atoms with van der Waals surface area (Å²) in [4.78, 5) is 11.0. The topological polar surface area (TPSA) is 39.5 Å². The summed E-state index contributed by atoms with van der Waals surface area (Å²) in [6.07, 6.45) is 2.33. The van der Waals surface area contributed by atoms with Gasteiger partial charge >= 0.3 is 0 Å². The van der Waals surface area contributed by atoms with Crippen molar-refractivity contribution in [2.75, 3.05) is 18.6 Å². The van der Waals surface area contributed by atoms with Gasteiger partial charge < -0.3 is 9.64 Å². The molecule has 3 heterocycles. The molecule has 1 N–H and O–H groups in total. The van der Waals surface area contributed by atoms with Gasteiger partial charge in [-0.1, -0.05) is 12.1 Å². The number of aromatic amines is 1. The maximum atomic E-state index is 5.48. The van der Waals surface area contributed by atoms with E-state index < -0.39 is 0 Å². The molecule has 0 saturated carbocycles. The highest BCUT2D eigenvalue weighted by Gasteiger charge is 2.31. The van der Waals surface area contributed by atoms with E-state index >= 15 is 0 Å². The lowest BCUT2D eigenvalue weighted by Crippen LogP contribution is -2.24. The first-order valence-electron chi connectivity index (χ1n) is 9.36. The Morgan fingerprint density at radius 1 is 1.19 bits per heavy atom. The fraction of sp³-hybridized carbons (Fsp3) is 0.273. The van der Waals surface area contributed by atoms with E-state index in [-0.39, 0.29) is 0 Å². The Labute approximate surface area is 162 Å². The smallest absolute Gasteiger partial charge is 0.213 e. The van der Waals surface area contributed by atoms with Crippen LogP contribution in [0, 0.1) is 6.92 Å². The average Bonchev–Trinajstić information content (AvgIpc) is 3.33. The summed E-state index contributed by atoms with van der Waals surface area (Å²) >= 11 is 1.82. The molecular weight excluding hydrogens is 354 g/mol. The number of nitrogens with one attached hydrogen (secondary N) is 1. The fourth-order valence-corrected chi connectivity index (χ4v) is 5.20. The molecule has 5 rings (SSSR count). The third-order valence-corrected chi connectivity index (χ3v) is 6.48. The highest BCUT2D eigenvalue weighted by Crippen LogP contribution is 2.41. The predicted molar refractivity (Wildman–Crippen MR) is 111 cm³/mol. The number of thiazole rings is 1. The van der Waals surface area contributed by atoms with Crippen LogP contribution < -0.4 is 14.6 Å². The van der Waals surface area contributed by atoms with Crippen LogP contribution in [0.1, 0.15) is 29.6 Å². The summed E-state index contributed by atoms with van der Waals surface area (Å²) in [5.41, 5.74) is 4.67. The van der Waals surface area contributed by atoms with Crippen LogP contribution >= 0.6 is 11.3 Å². The van der Waals surface area contributed by atoms with E-state index in [1.807, 2.05) is 17.4 Å². The van der Waals surface area contributed by atoms with Gasteiger partial charge in [-0.25, -0.2) is 9.97 Å². The van der Waals surface area contributed by atoms with E-state index in [4.69, 9.17) is 9.72 Å². The van der Waals surface area contributed by atoms with Crippen molar-refractivity contribution in [3.8, 4) is 5.75 Å². The zero-order valence-corrected chi connectivity index (χ0v) is 16.3. The van der Waals surface area contributed by atoms with Crippen LogP contribution in [0.3, 0.4) is 0 Å². The number of H-pyrrole nitrogens is 1. The molecule has 2 aromatic heterocycles. The van der Waals surface area contributed by atoms with Crippen molar-refractivity contribution in [2.45, 2.75) is 25.8 Å². The summed E-state index contributed by atoms with van der Waals surface area (Å²) in [6, 6.07) is 17.3. The molecule has 4 aromatic rings. The first kappa shape index (κ1) is 16.5. The minimum absolute atomic E-state index is 0.332. The van der Waals surface area contributed by atoms with Crippen molar-refractivity contribution in [1.82, 2.24) is 4.98 Å². The number of fused-ring (bicyclic) bond motifs is 2.